The Morgan fingerprint density at radius 3 is 1.92 bits per heavy atom. The van der Waals surface area contributed by atoms with Gasteiger partial charge in [0.25, 0.3) is 0 Å². The number of thiazole rings is 2. The zero-order valence-corrected chi connectivity index (χ0v) is 9.51. The summed E-state index contributed by atoms with van der Waals surface area (Å²) in [7, 11) is 0. The Morgan fingerprint density at radius 2 is 1.54 bits per heavy atom. The molecule has 0 aliphatic carbocycles. The molecule has 0 fully saturated rings. The summed E-state index contributed by atoms with van der Waals surface area (Å²) in [5, 5.41) is 3.83. The second kappa shape index (κ2) is 4.97. The Kier molecular flexibility index (Phi) is 3.62. The molecule has 2 aromatic rings. The Bertz CT molecular complexity index is 299. The Morgan fingerprint density at radius 1 is 1.00 bits per heavy atom. The molecule has 0 aromatic carbocycles. The first-order chi connectivity index (χ1) is 6.45. The van der Waals surface area contributed by atoms with Gasteiger partial charge in [-0.2, -0.15) is 0 Å². The third-order valence-electron chi connectivity index (χ3n) is 1.03. The van der Waals surface area contributed by atoms with E-state index in [0.29, 0.717) is 0 Å². The smallest absolute Gasteiger partial charge is 0.178 e. The van der Waals surface area contributed by atoms with E-state index >= 15 is 0 Å². The molecule has 0 aliphatic rings. The average molecular weight is 248 g/mol. The summed E-state index contributed by atoms with van der Waals surface area (Å²) in [6.07, 6.45) is 3.51. The predicted molar refractivity (Wildman–Crippen MR) is 57.0 cm³/mol. The monoisotopic (exact) mass is 248 g/mol. The van der Waals surface area contributed by atoms with Crippen LogP contribution in [0.1, 0.15) is 0 Å². The molecule has 3 nitrogen and oxygen atoms in total. The SMILES string of the molecule is c1csc(SOSc2nccs2)n1. The molecule has 0 unspecified atom stereocenters. The van der Waals surface area contributed by atoms with E-state index in [-0.39, 0.29) is 0 Å². The van der Waals surface area contributed by atoms with E-state index in [1.165, 1.54) is 24.1 Å². The molecule has 2 rings (SSSR count). The van der Waals surface area contributed by atoms with E-state index in [1.807, 2.05) is 10.8 Å². The Hall–Kier alpha value is -0.0800. The fraction of sp³-hybridized carbons (Fsp3) is 0. The number of hydrogen-bond donors (Lipinski definition) is 0. The fourth-order valence-corrected chi connectivity index (χ4v) is 3.26. The van der Waals surface area contributed by atoms with E-state index in [1.54, 1.807) is 35.1 Å². The van der Waals surface area contributed by atoms with E-state index in [9.17, 15) is 0 Å². The van der Waals surface area contributed by atoms with E-state index < -0.39 is 0 Å². The van der Waals surface area contributed by atoms with Crippen molar-refractivity contribution in [2.24, 2.45) is 0 Å². The van der Waals surface area contributed by atoms with Crippen LogP contribution in [-0.4, -0.2) is 9.97 Å². The van der Waals surface area contributed by atoms with Gasteiger partial charge in [0.15, 0.2) is 8.68 Å². The first-order valence-electron chi connectivity index (χ1n) is 3.25. The summed E-state index contributed by atoms with van der Waals surface area (Å²) in [6.45, 7) is 0. The van der Waals surface area contributed by atoms with E-state index in [2.05, 4.69) is 9.97 Å². The zero-order valence-electron chi connectivity index (χ0n) is 6.25. The molecule has 0 amide bonds. The van der Waals surface area contributed by atoms with Crippen LogP contribution in [0.3, 0.4) is 0 Å². The van der Waals surface area contributed by atoms with Crippen LogP contribution in [0.4, 0.5) is 0 Å². The summed E-state index contributed by atoms with van der Waals surface area (Å²) in [6, 6.07) is 0. The lowest BCUT2D eigenvalue weighted by atomic mass is 11.0. The van der Waals surface area contributed by atoms with Gasteiger partial charge in [0.1, 0.15) is 0 Å². The lowest BCUT2D eigenvalue weighted by Gasteiger charge is -1.92. The molecule has 0 saturated carbocycles. The van der Waals surface area contributed by atoms with Crippen molar-refractivity contribution < 1.29 is 3.63 Å². The van der Waals surface area contributed by atoms with Crippen LogP contribution in [0.2, 0.25) is 0 Å². The van der Waals surface area contributed by atoms with Gasteiger partial charge >= 0.3 is 0 Å². The highest BCUT2D eigenvalue weighted by molar-refractivity contribution is 8.09. The highest BCUT2D eigenvalue weighted by atomic mass is 32.3. The van der Waals surface area contributed by atoms with Crippen LogP contribution in [0.5, 0.6) is 0 Å². The molecule has 0 bridgehead atoms. The summed E-state index contributed by atoms with van der Waals surface area (Å²) in [5.41, 5.74) is 0. The minimum Gasteiger partial charge on any atom is -0.236 e. The van der Waals surface area contributed by atoms with Crippen molar-refractivity contribution in [1.29, 1.82) is 0 Å². The third-order valence-corrected chi connectivity index (χ3v) is 4.19. The molecular weight excluding hydrogens is 244 g/mol. The molecule has 68 valence electrons. The molecule has 13 heavy (non-hydrogen) atoms. The van der Waals surface area contributed by atoms with Gasteiger partial charge in [-0.25, -0.2) is 13.6 Å². The first kappa shape index (κ1) is 9.47. The van der Waals surface area contributed by atoms with Crippen molar-refractivity contribution in [1.82, 2.24) is 9.97 Å². The Labute approximate surface area is 92.0 Å². The van der Waals surface area contributed by atoms with Gasteiger partial charge in [-0.15, -0.1) is 22.7 Å². The van der Waals surface area contributed by atoms with Gasteiger partial charge in [-0.05, 0) is 0 Å². The highest BCUT2D eigenvalue weighted by Crippen LogP contribution is 2.31. The Balaban J connectivity index is 1.76. The van der Waals surface area contributed by atoms with Gasteiger partial charge in [0, 0.05) is 23.2 Å². The first-order valence-corrected chi connectivity index (χ1v) is 6.49. The molecule has 0 aliphatic heterocycles. The van der Waals surface area contributed by atoms with Crippen LogP contribution in [0.25, 0.3) is 0 Å². The third kappa shape index (κ3) is 2.96. The van der Waals surface area contributed by atoms with Crippen molar-refractivity contribution >= 4 is 46.8 Å². The molecule has 0 atom stereocenters. The lowest BCUT2D eigenvalue weighted by molar-refractivity contribution is 0.754. The van der Waals surface area contributed by atoms with E-state index in [0.717, 1.165) is 8.68 Å². The number of nitrogens with zero attached hydrogens (tertiary/aromatic N) is 2. The van der Waals surface area contributed by atoms with Crippen LogP contribution in [0, 0.1) is 0 Å². The second-order valence-electron chi connectivity index (χ2n) is 1.83. The molecule has 0 spiro atoms. The predicted octanol–water partition coefficient (Wildman–Crippen LogP) is 3.33. The van der Waals surface area contributed by atoms with Gasteiger partial charge in [0.05, 0.1) is 24.1 Å². The minimum absolute atomic E-state index is 0.907. The lowest BCUT2D eigenvalue weighted by Crippen LogP contribution is -1.68. The van der Waals surface area contributed by atoms with E-state index in [4.69, 9.17) is 3.63 Å². The molecule has 0 radical (unpaired) electrons. The largest absolute Gasteiger partial charge is 0.236 e. The van der Waals surface area contributed by atoms with Crippen molar-refractivity contribution in [3.63, 3.8) is 0 Å². The molecule has 2 aromatic heterocycles. The molecule has 7 heteroatoms. The van der Waals surface area contributed by atoms with Crippen molar-refractivity contribution in [2.45, 2.75) is 8.68 Å². The highest BCUT2D eigenvalue weighted by Gasteiger charge is 2.00. The van der Waals surface area contributed by atoms with Crippen molar-refractivity contribution in [3.05, 3.63) is 23.2 Å². The molecule has 0 saturated heterocycles. The summed E-state index contributed by atoms with van der Waals surface area (Å²) >= 11 is 5.64. The van der Waals surface area contributed by atoms with Crippen LogP contribution >= 0.6 is 46.8 Å². The quantitative estimate of drug-likeness (QED) is 0.775. The average Bonchev–Trinajstić information content (AvgIpc) is 2.75. The number of rotatable bonds is 4. The normalized spacial score (nSPS) is 10.5. The summed E-state index contributed by atoms with van der Waals surface area (Å²) in [4.78, 5) is 8.12. The van der Waals surface area contributed by atoms with Gasteiger partial charge < -0.3 is 0 Å². The van der Waals surface area contributed by atoms with Gasteiger partial charge in [-0.1, -0.05) is 0 Å². The van der Waals surface area contributed by atoms with Crippen LogP contribution in [-0.2, 0) is 3.63 Å². The molecule has 2 heterocycles. The fourth-order valence-electron chi connectivity index (χ4n) is 0.578. The zero-order chi connectivity index (χ0) is 8.93. The maximum atomic E-state index is 5.25. The maximum Gasteiger partial charge on any atom is 0.178 e. The van der Waals surface area contributed by atoms with Crippen molar-refractivity contribution in [3.8, 4) is 0 Å². The van der Waals surface area contributed by atoms with Gasteiger partial charge in [0.2, 0.25) is 0 Å². The summed E-state index contributed by atoms with van der Waals surface area (Å²) < 4.78 is 7.06. The minimum atomic E-state index is 0.907. The van der Waals surface area contributed by atoms with Crippen LogP contribution in [0.15, 0.2) is 31.8 Å². The molecular formula is C6H4N2OS4. The standard InChI is InChI=1S/C6H4N2OS4/c1-3-10-5(7-1)12-9-13-6-8-2-4-11-6/h1-4H. The second-order valence-corrected chi connectivity index (χ2v) is 5.79. The maximum absolute atomic E-state index is 5.25. The van der Waals surface area contributed by atoms with Crippen molar-refractivity contribution in [2.75, 3.05) is 0 Å². The molecule has 0 N–H and O–H groups in total. The summed E-state index contributed by atoms with van der Waals surface area (Å²) in [5.74, 6) is 0. The van der Waals surface area contributed by atoms with Gasteiger partial charge in [-0.3, -0.25) is 0 Å². The van der Waals surface area contributed by atoms with Crippen LogP contribution < -0.4 is 0 Å². The topological polar surface area (TPSA) is 35.0 Å². The number of aromatic nitrogens is 2. The number of hydrogen-bond acceptors (Lipinski definition) is 7.